The normalized spacial score (nSPS) is 17.2. The van der Waals surface area contributed by atoms with Gasteiger partial charge in [0.25, 0.3) is 11.6 Å². The van der Waals surface area contributed by atoms with E-state index in [9.17, 15) is 24.8 Å². The van der Waals surface area contributed by atoms with E-state index in [0.717, 1.165) is 0 Å². The van der Waals surface area contributed by atoms with Crippen molar-refractivity contribution in [3.8, 4) is 0 Å². The second-order valence-corrected chi connectivity index (χ2v) is 5.59. The number of nitro groups is 1. The summed E-state index contributed by atoms with van der Waals surface area (Å²) in [4.78, 5) is 36.2. The molecule has 0 fully saturated rings. The number of furan rings is 1. The Hall–Kier alpha value is -3.42. The van der Waals surface area contributed by atoms with Gasteiger partial charge in [0.2, 0.25) is 0 Å². The topological polar surface area (TPSA) is 114 Å². The number of rotatable bonds is 5. The maximum atomic E-state index is 12.4. The van der Waals surface area contributed by atoms with Crippen LogP contribution < -0.4 is 0 Å². The van der Waals surface area contributed by atoms with Gasteiger partial charge in [0.05, 0.1) is 29.3 Å². The molecule has 1 amide bonds. The van der Waals surface area contributed by atoms with E-state index in [1.807, 2.05) is 0 Å². The van der Waals surface area contributed by atoms with Gasteiger partial charge in [0.1, 0.15) is 5.76 Å². The van der Waals surface area contributed by atoms with E-state index < -0.39 is 28.4 Å². The number of aliphatic hydroxyl groups is 1. The lowest BCUT2D eigenvalue weighted by molar-refractivity contribution is -0.384. The number of hydrogen-bond donors (Lipinski definition) is 1. The summed E-state index contributed by atoms with van der Waals surface area (Å²) in [5.74, 6) is -1.39. The van der Waals surface area contributed by atoms with Crippen LogP contribution in [0.5, 0.6) is 0 Å². The number of aliphatic hydroxyl groups excluding tert-OH is 1. The fraction of sp³-hybridized carbons (Fsp3) is 0.176. The van der Waals surface area contributed by atoms with Crippen molar-refractivity contribution in [2.24, 2.45) is 0 Å². The van der Waals surface area contributed by atoms with Crippen molar-refractivity contribution in [1.82, 2.24) is 4.90 Å². The van der Waals surface area contributed by atoms with Gasteiger partial charge in [0.15, 0.2) is 11.5 Å². The number of hydrogen-bond acceptors (Lipinski definition) is 6. The van der Waals surface area contributed by atoms with Crippen molar-refractivity contribution in [2.45, 2.75) is 19.5 Å². The average Bonchev–Trinajstić information content (AvgIpc) is 3.17. The summed E-state index contributed by atoms with van der Waals surface area (Å²) < 4.78 is 5.23. The highest BCUT2D eigenvalue weighted by atomic mass is 16.6. The smallest absolute Gasteiger partial charge is 0.290 e. The molecule has 0 saturated carbocycles. The van der Waals surface area contributed by atoms with E-state index >= 15 is 0 Å². The highest BCUT2D eigenvalue weighted by molar-refractivity contribution is 6.08. The van der Waals surface area contributed by atoms with Crippen molar-refractivity contribution >= 4 is 17.4 Å². The number of carbonyl (C=O) groups is 2. The number of benzene rings is 1. The molecule has 2 aromatic rings. The number of ketones is 1. The summed E-state index contributed by atoms with van der Waals surface area (Å²) >= 11 is 0. The zero-order valence-corrected chi connectivity index (χ0v) is 13.2. The fourth-order valence-corrected chi connectivity index (χ4v) is 2.90. The number of non-ortho nitro benzene ring substituents is 1. The summed E-state index contributed by atoms with van der Waals surface area (Å²) in [6.45, 7) is 1.25. The van der Waals surface area contributed by atoms with Gasteiger partial charge in [-0.3, -0.25) is 19.7 Å². The Bertz CT molecular complexity index is 884. The third-order valence-electron chi connectivity index (χ3n) is 3.99. The minimum absolute atomic E-state index is 0.0139. The maximum Gasteiger partial charge on any atom is 0.290 e. The van der Waals surface area contributed by atoms with Gasteiger partial charge in [-0.15, -0.1) is 0 Å². The van der Waals surface area contributed by atoms with Crippen LogP contribution in [-0.4, -0.2) is 26.6 Å². The van der Waals surface area contributed by atoms with Crippen LogP contribution in [0.2, 0.25) is 0 Å². The molecular weight excluding hydrogens is 328 g/mol. The molecular formula is C17H14N2O6. The first-order chi connectivity index (χ1) is 11.9. The zero-order chi connectivity index (χ0) is 18.1. The van der Waals surface area contributed by atoms with Gasteiger partial charge in [-0.2, -0.15) is 0 Å². The summed E-state index contributed by atoms with van der Waals surface area (Å²) in [5, 5.41) is 21.2. The third kappa shape index (κ3) is 2.89. The number of amides is 1. The average molecular weight is 342 g/mol. The van der Waals surface area contributed by atoms with Gasteiger partial charge < -0.3 is 14.4 Å². The van der Waals surface area contributed by atoms with Crippen LogP contribution in [0.15, 0.2) is 58.4 Å². The molecule has 0 aliphatic carbocycles. The second-order valence-electron chi connectivity index (χ2n) is 5.59. The molecule has 3 rings (SSSR count). The molecule has 0 bridgehead atoms. The first-order valence-electron chi connectivity index (χ1n) is 7.42. The van der Waals surface area contributed by atoms with Crippen molar-refractivity contribution in [1.29, 1.82) is 0 Å². The Morgan fingerprint density at radius 3 is 2.72 bits per heavy atom. The van der Waals surface area contributed by atoms with Crippen molar-refractivity contribution < 1.29 is 24.0 Å². The molecule has 25 heavy (non-hydrogen) atoms. The maximum absolute atomic E-state index is 12.4. The fourth-order valence-electron chi connectivity index (χ4n) is 2.90. The Balaban J connectivity index is 2.09. The molecule has 0 unspecified atom stereocenters. The Morgan fingerprint density at radius 2 is 2.12 bits per heavy atom. The number of Topliss-reactive ketones (excluding diaryl/α,β-unsaturated/α-hetero) is 1. The summed E-state index contributed by atoms with van der Waals surface area (Å²) in [7, 11) is 0. The van der Waals surface area contributed by atoms with E-state index in [0.29, 0.717) is 11.3 Å². The lowest BCUT2D eigenvalue weighted by Crippen LogP contribution is -2.30. The second kappa shape index (κ2) is 6.23. The first kappa shape index (κ1) is 16.4. The molecule has 0 radical (unpaired) electrons. The first-order valence-corrected chi connectivity index (χ1v) is 7.42. The number of nitrogens with zero attached hydrogens (tertiary/aromatic N) is 2. The minimum atomic E-state index is -0.921. The van der Waals surface area contributed by atoms with Crippen LogP contribution in [0, 0.1) is 10.1 Å². The standard InChI is InChI=1S/C17H14N2O6/c1-10(20)14-15(11-4-2-5-12(8-11)19(23)24)18(17(22)16(14)21)9-13-6-3-7-25-13/h2-8,15,21H,9H2,1H3/t15-/m1/s1. The van der Waals surface area contributed by atoms with Crippen LogP contribution in [0.1, 0.15) is 24.3 Å². The highest BCUT2D eigenvalue weighted by Gasteiger charge is 2.43. The van der Waals surface area contributed by atoms with Gasteiger partial charge in [-0.1, -0.05) is 12.1 Å². The molecule has 1 atom stereocenters. The van der Waals surface area contributed by atoms with E-state index in [2.05, 4.69) is 0 Å². The number of carbonyl (C=O) groups excluding carboxylic acids is 2. The minimum Gasteiger partial charge on any atom is -0.503 e. The van der Waals surface area contributed by atoms with E-state index in [-0.39, 0.29) is 17.8 Å². The molecule has 1 aliphatic heterocycles. The molecule has 8 heteroatoms. The Morgan fingerprint density at radius 1 is 1.36 bits per heavy atom. The molecule has 0 spiro atoms. The molecule has 1 aromatic carbocycles. The van der Waals surface area contributed by atoms with Crippen LogP contribution in [0.3, 0.4) is 0 Å². The molecule has 128 valence electrons. The summed E-state index contributed by atoms with van der Waals surface area (Å²) in [6, 6.07) is 8.02. The molecule has 8 nitrogen and oxygen atoms in total. The van der Waals surface area contributed by atoms with Crippen molar-refractivity contribution in [3.63, 3.8) is 0 Å². The largest absolute Gasteiger partial charge is 0.503 e. The van der Waals surface area contributed by atoms with Gasteiger partial charge in [-0.05, 0) is 24.6 Å². The summed E-state index contributed by atoms with van der Waals surface area (Å²) in [5.41, 5.74) is 0.109. The van der Waals surface area contributed by atoms with Crippen LogP contribution in [0.25, 0.3) is 0 Å². The lowest BCUT2D eigenvalue weighted by Gasteiger charge is -2.25. The van der Waals surface area contributed by atoms with Crippen LogP contribution >= 0.6 is 0 Å². The SMILES string of the molecule is CC(=O)C1=C(O)C(=O)N(Cc2ccco2)[C@@H]1c1cccc([N+](=O)[O-])c1. The van der Waals surface area contributed by atoms with E-state index in [4.69, 9.17) is 4.42 Å². The third-order valence-corrected chi connectivity index (χ3v) is 3.99. The lowest BCUT2D eigenvalue weighted by atomic mass is 9.96. The van der Waals surface area contributed by atoms with Crippen LogP contribution in [0.4, 0.5) is 5.69 Å². The van der Waals surface area contributed by atoms with Crippen LogP contribution in [-0.2, 0) is 16.1 Å². The van der Waals surface area contributed by atoms with Crippen molar-refractivity contribution in [2.75, 3.05) is 0 Å². The van der Waals surface area contributed by atoms with Gasteiger partial charge in [-0.25, -0.2) is 0 Å². The predicted molar refractivity (Wildman–Crippen MR) is 85.4 cm³/mol. The Kier molecular flexibility index (Phi) is 4.10. The van der Waals surface area contributed by atoms with Crippen molar-refractivity contribution in [3.05, 3.63) is 75.4 Å². The Labute approximate surface area is 142 Å². The predicted octanol–water partition coefficient (Wildman–Crippen LogP) is 2.67. The quantitative estimate of drug-likeness (QED) is 0.660. The highest BCUT2D eigenvalue weighted by Crippen LogP contribution is 2.39. The molecule has 1 N–H and O–H groups in total. The number of nitro benzene ring substituents is 1. The zero-order valence-electron chi connectivity index (χ0n) is 13.2. The monoisotopic (exact) mass is 342 g/mol. The molecule has 1 aliphatic rings. The molecule has 1 aromatic heterocycles. The molecule has 2 heterocycles. The van der Waals surface area contributed by atoms with Gasteiger partial charge in [0, 0.05) is 12.1 Å². The molecule has 0 saturated heterocycles. The van der Waals surface area contributed by atoms with Gasteiger partial charge >= 0.3 is 0 Å². The summed E-state index contributed by atoms with van der Waals surface area (Å²) in [6.07, 6.45) is 1.44. The van der Waals surface area contributed by atoms with E-state index in [1.54, 1.807) is 18.2 Å². The van der Waals surface area contributed by atoms with E-state index in [1.165, 1.54) is 36.3 Å².